The average Bonchev–Trinajstić information content (AvgIpc) is 2.63. The zero-order chi connectivity index (χ0) is 18.7. The van der Waals surface area contributed by atoms with Crippen LogP contribution in [0, 0.1) is 11.6 Å². The van der Waals surface area contributed by atoms with Crippen molar-refractivity contribution in [1.82, 2.24) is 14.7 Å². The predicted octanol–water partition coefficient (Wildman–Crippen LogP) is 1.46. The summed E-state index contributed by atoms with van der Waals surface area (Å²) >= 11 is 0. The minimum Gasteiger partial charge on any atom is -0.379 e. The van der Waals surface area contributed by atoms with Crippen molar-refractivity contribution in [1.29, 1.82) is 0 Å². The zero-order valence-electron chi connectivity index (χ0n) is 15.3. The summed E-state index contributed by atoms with van der Waals surface area (Å²) in [6.45, 7) is 7.35. The van der Waals surface area contributed by atoms with Gasteiger partial charge in [-0.25, -0.2) is 8.78 Å². The van der Waals surface area contributed by atoms with E-state index in [4.69, 9.17) is 0 Å². The summed E-state index contributed by atoms with van der Waals surface area (Å²) in [4.78, 5) is 18.8. The molecular formula is C19H27F2N3O2. The zero-order valence-corrected chi connectivity index (χ0v) is 15.3. The van der Waals surface area contributed by atoms with Gasteiger partial charge in [0.05, 0.1) is 0 Å². The first-order valence-electron chi connectivity index (χ1n) is 9.32. The molecule has 2 aliphatic rings. The van der Waals surface area contributed by atoms with E-state index in [1.54, 1.807) is 0 Å². The van der Waals surface area contributed by atoms with Crippen LogP contribution in [0.1, 0.15) is 25.3 Å². The highest BCUT2D eigenvalue weighted by Crippen LogP contribution is 2.26. The van der Waals surface area contributed by atoms with Crippen LogP contribution in [0.3, 0.4) is 0 Å². The Bertz CT molecular complexity index is 650. The molecule has 0 aromatic heterocycles. The number of carbonyl (C=O) groups excluding carboxylic acids is 1. The lowest BCUT2D eigenvalue weighted by molar-refractivity contribution is -0.160. The van der Waals surface area contributed by atoms with Gasteiger partial charge >= 0.3 is 0 Å². The predicted molar refractivity (Wildman–Crippen MR) is 94.5 cm³/mol. The van der Waals surface area contributed by atoms with E-state index in [9.17, 15) is 18.7 Å². The van der Waals surface area contributed by atoms with Crippen molar-refractivity contribution in [3.05, 3.63) is 35.4 Å². The molecule has 5 nitrogen and oxygen atoms in total. The summed E-state index contributed by atoms with van der Waals surface area (Å²) in [7, 11) is 0. The minimum atomic E-state index is -1.45. The van der Waals surface area contributed by atoms with Crippen molar-refractivity contribution in [3.8, 4) is 0 Å². The molecule has 1 unspecified atom stereocenters. The van der Waals surface area contributed by atoms with Crippen molar-refractivity contribution >= 4 is 5.91 Å². The number of piperazine rings is 1. The Morgan fingerprint density at radius 3 is 2.50 bits per heavy atom. The molecule has 26 heavy (non-hydrogen) atoms. The highest BCUT2D eigenvalue weighted by atomic mass is 19.2. The number of likely N-dealkylation sites (N-methyl/N-ethyl adjacent to an activating group) is 1. The number of benzene rings is 1. The highest BCUT2D eigenvalue weighted by molar-refractivity contribution is 5.86. The van der Waals surface area contributed by atoms with E-state index in [1.807, 2.05) is 0 Å². The maximum atomic E-state index is 13.9. The van der Waals surface area contributed by atoms with Gasteiger partial charge in [-0.15, -0.1) is 0 Å². The van der Waals surface area contributed by atoms with E-state index in [0.717, 1.165) is 38.8 Å². The third kappa shape index (κ3) is 4.05. The molecule has 7 heteroatoms. The summed E-state index contributed by atoms with van der Waals surface area (Å²) in [5.41, 5.74) is -1.31. The van der Waals surface area contributed by atoms with E-state index in [2.05, 4.69) is 16.7 Å². The molecule has 3 rings (SSSR count). The van der Waals surface area contributed by atoms with E-state index < -0.39 is 17.2 Å². The number of hydrogen-bond acceptors (Lipinski definition) is 4. The summed E-state index contributed by atoms with van der Waals surface area (Å²) in [6, 6.07) is 3.97. The number of carbonyl (C=O) groups is 1. The van der Waals surface area contributed by atoms with Crippen LogP contribution in [-0.2, 0) is 11.3 Å². The van der Waals surface area contributed by atoms with Crippen molar-refractivity contribution in [3.63, 3.8) is 0 Å². The van der Waals surface area contributed by atoms with Gasteiger partial charge in [0.25, 0.3) is 5.91 Å². The Kier molecular flexibility index (Phi) is 5.89. The van der Waals surface area contributed by atoms with Crippen LogP contribution in [0.2, 0.25) is 0 Å². The molecule has 0 spiro atoms. The normalized spacial score (nSPS) is 25.7. The lowest BCUT2D eigenvalue weighted by Crippen LogP contribution is -2.60. The maximum absolute atomic E-state index is 13.9. The van der Waals surface area contributed by atoms with Gasteiger partial charge in [-0.05, 0) is 25.5 Å². The topological polar surface area (TPSA) is 47.0 Å². The molecule has 144 valence electrons. The molecule has 2 fully saturated rings. The van der Waals surface area contributed by atoms with Gasteiger partial charge in [0.15, 0.2) is 17.2 Å². The second kappa shape index (κ2) is 7.98. The van der Waals surface area contributed by atoms with E-state index in [0.29, 0.717) is 25.9 Å². The molecule has 1 aromatic carbocycles. The van der Waals surface area contributed by atoms with Gasteiger partial charge in [0, 0.05) is 51.4 Å². The fourth-order valence-electron chi connectivity index (χ4n) is 3.87. The Hall–Kier alpha value is -1.57. The minimum absolute atomic E-state index is 0.0195. The largest absolute Gasteiger partial charge is 0.379 e. The van der Waals surface area contributed by atoms with Crippen LogP contribution in [0.5, 0.6) is 0 Å². The Balaban J connectivity index is 1.65. The fourth-order valence-corrected chi connectivity index (χ4v) is 3.87. The van der Waals surface area contributed by atoms with Crippen molar-refractivity contribution in [2.45, 2.75) is 31.9 Å². The van der Waals surface area contributed by atoms with Crippen LogP contribution in [0.4, 0.5) is 8.78 Å². The number of piperidine rings is 1. The molecule has 0 aliphatic carbocycles. The first-order chi connectivity index (χ1) is 12.4. The first kappa shape index (κ1) is 19.2. The van der Waals surface area contributed by atoms with Crippen molar-refractivity contribution in [2.24, 2.45) is 0 Å². The van der Waals surface area contributed by atoms with Crippen LogP contribution in [-0.4, -0.2) is 77.1 Å². The molecule has 0 radical (unpaired) electrons. The molecule has 2 saturated heterocycles. The fraction of sp³-hybridized carbons (Fsp3) is 0.632. The lowest BCUT2D eigenvalue weighted by Gasteiger charge is -2.43. The molecular weight excluding hydrogens is 340 g/mol. The number of aliphatic hydroxyl groups is 1. The van der Waals surface area contributed by atoms with E-state index in [-0.39, 0.29) is 18.0 Å². The first-order valence-corrected chi connectivity index (χ1v) is 9.32. The number of hydrogen-bond donors (Lipinski definition) is 1. The smallest absolute Gasteiger partial charge is 0.256 e. The van der Waals surface area contributed by atoms with Gasteiger partial charge in [0.1, 0.15) is 0 Å². The third-order valence-corrected chi connectivity index (χ3v) is 5.49. The average molecular weight is 367 g/mol. The van der Waals surface area contributed by atoms with Gasteiger partial charge in [-0.3, -0.25) is 9.69 Å². The van der Waals surface area contributed by atoms with E-state index in [1.165, 1.54) is 17.0 Å². The maximum Gasteiger partial charge on any atom is 0.256 e. The van der Waals surface area contributed by atoms with Gasteiger partial charge < -0.3 is 14.9 Å². The van der Waals surface area contributed by atoms with Gasteiger partial charge in [-0.1, -0.05) is 19.1 Å². The quantitative estimate of drug-likeness (QED) is 0.856. The monoisotopic (exact) mass is 367 g/mol. The molecule has 0 saturated carbocycles. The second-order valence-corrected chi connectivity index (χ2v) is 7.29. The molecule has 2 aliphatic heterocycles. The second-order valence-electron chi connectivity index (χ2n) is 7.29. The Labute approximate surface area is 153 Å². The lowest BCUT2D eigenvalue weighted by atomic mass is 9.90. The number of rotatable bonds is 5. The molecule has 1 aromatic rings. The number of halogens is 2. The third-order valence-electron chi connectivity index (χ3n) is 5.49. The summed E-state index contributed by atoms with van der Waals surface area (Å²) in [6.07, 6.45) is 1.05. The van der Waals surface area contributed by atoms with Gasteiger partial charge in [0.2, 0.25) is 0 Å². The molecule has 1 atom stereocenters. The van der Waals surface area contributed by atoms with Crippen LogP contribution in [0.15, 0.2) is 18.2 Å². The molecule has 1 amide bonds. The summed E-state index contributed by atoms with van der Waals surface area (Å²) < 4.78 is 27.3. The highest BCUT2D eigenvalue weighted by Gasteiger charge is 2.43. The SMILES string of the molecule is CCN1CCN(CC2(O)CCCN(Cc3cccc(F)c3F)C2=O)CC1. The van der Waals surface area contributed by atoms with Crippen LogP contribution < -0.4 is 0 Å². The standard InChI is InChI=1S/C19H27F2N3O2/c1-2-22-9-11-23(12-10-22)14-19(26)7-4-8-24(18(19)25)13-15-5-3-6-16(20)17(15)21/h3,5-6,26H,2,4,7-14H2,1H3. The summed E-state index contributed by atoms with van der Waals surface area (Å²) in [5.74, 6) is -2.23. The molecule has 1 N–H and O–H groups in total. The van der Waals surface area contributed by atoms with Gasteiger partial charge in [-0.2, -0.15) is 0 Å². The number of amides is 1. The molecule has 2 heterocycles. The number of likely N-dealkylation sites (tertiary alicyclic amines) is 1. The number of β-amino-alcohol motifs (C(OH)–C–C–N with tert-alkyl or cyclic N) is 1. The van der Waals surface area contributed by atoms with Crippen molar-refractivity contribution in [2.75, 3.05) is 45.8 Å². The van der Waals surface area contributed by atoms with Crippen molar-refractivity contribution < 1.29 is 18.7 Å². The number of nitrogens with zero attached hydrogens (tertiary/aromatic N) is 3. The van der Waals surface area contributed by atoms with Crippen LogP contribution in [0.25, 0.3) is 0 Å². The Morgan fingerprint density at radius 1 is 1.12 bits per heavy atom. The Morgan fingerprint density at radius 2 is 1.81 bits per heavy atom. The summed E-state index contributed by atoms with van der Waals surface area (Å²) in [5, 5.41) is 11.0. The van der Waals surface area contributed by atoms with E-state index >= 15 is 0 Å². The van der Waals surface area contributed by atoms with Crippen LogP contribution >= 0.6 is 0 Å². The molecule has 0 bridgehead atoms.